The zero-order valence-corrected chi connectivity index (χ0v) is 18.8. The fourth-order valence-corrected chi connectivity index (χ4v) is 4.48. The van der Waals surface area contributed by atoms with Crippen LogP contribution in [0.4, 0.5) is 5.69 Å². The summed E-state index contributed by atoms with van der Waals surface area (Å²) in [6, 6.07) is 24.8. The van der Waals surface area contributed by atoms with E-state index in [1.165, 1.54) is 0 Å². The fraction of sp³-hybridized carbons (Fsp3) is 0.120. The standard InChI is InChI=1S/C25H20ClN3O2S/c1-30-21-8-3-2-7-19(21)29-24(23(28-25(29)32)18-6-4-5-15-27-18)22-14-13-20(31-22)16-9-11-17(26)12-10-16/h2-15,23-24H,1H3,(H,28,32)/t23-,24+/m1/s1. The van der Waals surface area contributed by atoms with E-state index in [1.807, 2.05) is 83.8 Å². The molecule has 0 radical (unpaired) electrons. The molecular formula is C25H20ClN3O2S. The summed E-state index contributed by atoms with van der Waals surface area (Å²) in [7, 11) is 1.65. The molecule has 1 fully saturated rings. The number of ether oxygens (including phenoxy) is 1. The number of rotatable bonds is 5. The molecule has 5 rings (SSSR count). The van der Waals surface area contributed by atoms with Gasteiger partial charge in [0.25, 0.3) is 0 Å². The van der Waals surface area contributed by atoms with Gasteiger partial charge >= 0.3 is 0 Å². The molecule has 1 saturated heterocycles. The number of pyridine rings is 1. The first-order valence-electron chi connectivity index (χ1n) is 10.1. The summed E-state index contributed by atoms with van der Waals surface area (Å²) in [6.07, 6.45) is 1.78. The van der Waals surface area contributed by atoms with E-state index in [0.29, 0.717) is 10.1 Å². The molecule has 32 heavy (non-hydrogen) atoms. The molecule has 5 nitrogen and oxygen atoms in total. The number of hydrogen-bond donors (Lipinski definition) is 1. The number of furan rings is 1. The maximum absolute atomic E-state index is 6.37. The van der Waals surface area contributed by atoms with Crippen LogP contribution >= 0.6 is 23.8 Å². The zero-order valence-electron chi connectivity index (χ0n) is 17.2. The number of thiocarbonyl (C=S) groups is 1. The summed E-state index contributed by atoms with van der Waals surface area (Å²) in [4.78, 5) is 6.62. The van der Waals surface area contributed by atoms with Crippen molar-refractivity contribution in [2.24, 2.45) is 0 Å². The summed E-state index contributed by atoms with van der Waals surface area (Å²) >= 11 is 11.8. The van der Waals surface area contributed by atoms with Gasteiger partial charge in [-0.15, -0.1) is 0 Å². The third-order valence-electron chi connectivity index (χ3n) is 5.49. The highest BCUT2D eigenvalue weighted by atomic mass is 35.5. The molecule has 0 unspecified atom stereocenters. The molecule has 2 aromatic heterocycles. The third-order valence-corrected chi connectivity index (χ3v) is 6.06. The smallest absolute Gasteiger partial charge is 0.174 e. The largest absolute Gasteiger partial charge is 0.495 e. The molecule has 0 bridgehead atoms. The highest BCUT2D eigenvalue weighted by Crippen LogP contribution is 2.45. The van der Waals surface area contributed by atoms with Gasteiger partial charge in [0.15, 0.2) is 5.11 Å². The molecule has 7 heteroatoms. The second-order valence-corrected chi connectivity index (χ2v) is 8.20. The minimum absolute atomic E-state index is 0.196. The average Bonchev–Trinajstić information content (AvgIpc) is 3.44. The maximum atomic E-state index is 6.37. The number of nitrogens with one attached hydrogen (secondary N) is 1. The van der Waals surface area contributed by atoms with Crippen LogP contribution in [-0.4, -0.2) is 17.2 Å². The van der Waals surface area contributed by atoms with Crippen LogP contribution in [0.1, 0.15) is 23.5 Å². The zero-order chi connectivity index (χ0) is 22.1. The van der Waals surface area contributed by atoms with Crippen molar-refractivity contribution in [3.05, 3.63) is 102 Å². The Morgan fingerprint density at radius 3 is 2.53 bits per heavy atom. The van der Waals surface area contributed by atoms with Crippen LogP contribution in [0.5, 0.6) is 5.75 Å². The Morgan fingerprint density at radius 2 is 1.78 bits per heavy atom. The van der Waals surface area contributed by atoms with Crippen molar-refractivity contribution in [3.63, 3.8) is 0 Å². The van der Waals surface area contributed by atoms with Crippen LogP contribution in [0, 0.1) is 0 Å². The summed E-state index contributed by atoms with van der Waals surface area (Å²) in [5, 5.41) is 4.70. The van der Waals surface area contributed by atoms with Crippen molar-refractivity contribution < 1.29 is 9.15 Å². The predicted octanol–water partition coefficient (Wildman–Crippen LogP) is 6.18. The van der Waals surface area contributed by atoms with Crippen molar-refractivity contribution in [1.29, 1.82) is 0 Å². The first-order valence-corrected chi connectivity index (χ1v) is 10.9. The molecule has 2 atom stereocenters. The van der Waals surface area contributed by atoms with E-state index < -0.39 is 0 Å². The summed E-state index contributed by atoms with van der Waals surface area (Å²) < 4.78 is 12.0. The number of aromatic nitrogens is 1. The Kier molecular flexibility index (Phi) is 5.55. The van der Waals surface area contributed by atoms with E-state index in [-0.39, 0.29) is 12.1 Å². The lowest BCUT2D eigenvalue weighted by Crippen LogP contribution is -2.29. The van der Waals surface area contributed by atoms with Crippen molar-refractivity contribution in [2.45, 2.75) is 12.1 Å². The minimum atomic E-state index is -0.255. The van der Waals surface area contributed by atoms with E-state index in [2.05, 4.69) is 10.3 Å². The molecule has 1 N–H and O–H groups in total. The quantitative estimate of drug-likeness (QED) is 0.358. The Bertz CT molecular complexity index is 1240. The van der Waals surface area contributed by atoms with Crippen molar-refractivity contribution >= 4 is 34.6 Å². The van der Waals surface area contributed by atoms with Crippen molar-refractivity contribution in [2.75, 3.05) is 12.0 Å². The van der Waals surface area contributed by atoms with Gasteiger partial charge in [-0.3, -0.25) is 4.98 Å². The lowest BCUT2D eigenvalue weighted by Gasteiger charge is -2.27. The molecule has 0 aliphatic carbocycles. The number of anilines is 1. The molecule has 4 aromatic rings. The van der Waals surface area contributed by atoms with Gasteiger partial charge in [-0.25, -0.2) is 0 Å². The first-order chi connectivity index (χ1) is 15.7. The van der Waals surface area contributed by atoms with Gasteiger partial charge < -0.3 is 19.4 Å². The van der Waals surface area contributed by atoms with Gasteiger partial charge in [-0.05, 0) is 72.9 Å². The van der Waals surface area contributed by atoms with Crippen LogP contribution in [0.15, 0.2) is 89.5 Å². The van der Waals surface area contributed by atoms with Crippen LogP contribution < -0.4 is 15.0 Å². The maximum Gasteiger partial charge on any atom is 0.174 e. The number of halogens is 1. The topological polar surface area (TPSA) is 50.5 Å². The number of hydrogen-bond acceptors (Lipinski definition) is 4. The SMILES string of the molecule is COc1ccccc1N1C(=S)N[C@H](c2ccccn2)[C@@H]1c1ccc(-c2ccc(Cl)cc2)o1. The highest BCUT2D eigenvalue weighted by Gasteiger charge is 2.43. The van der Waals surface area contributed by atoms with E-state index in [9.17, 15) is 0 Å². The van der Waals surface area contributed by atoms with Crippen molar-refractivity contribution in [1.82, 2.24) is 10.3 Å². The fourth-order valence-electron chi connectivity index (χ4n) is 4.01. The van der Waals surface area contributed by atoms with Gasteiger partial charge in [0, 0.05) is 16.8 Å². The molecule has 1 aliphatic rings. The third kappa shape index (κ3) is 3.72. The Labute approximate surface area is 196 Å². The Morgan fingerprint density at radius 1 is 1.00 bits per heavy atom. The van der Waals surface area contributed by atoms with E-state index in [0.717, 1.165) is 34.2 Å². The molecular weight excluding hydrogens is 442 g/mol. The lowest BCUT2D eigenvalue weighted by molar-refractivity contribution is 0.409. The molecule has 160 valence electrons. The molecule has 0 spiro atoms. The second-order valence-electron chi connectivity index (χ2n) is 7.38. The normalized spacial score (nSPS) is 17.9. The van der Waals surface area contributed by atoms with Crippen LogP contribution in [-0.2, 0) is 0 Å². The molecule has 0 saturated carbocycles. The van der Waals surface area contributed by atoms with Crippen molar-refractivity contribution in [3.8, 4) is 17.1 Å². The second kappa shape index (κ2) is 8.65. The molecule has 3 heterocycles. The van der Waals surface area contributed by atoms with Gasteiger partial charge in [0.05, 0.1) is 24.5 Å². The summed E-state index contributed by atoms with van der Waals surface area (Å²) in [5.74, 6) is 2.26. The summed E-state index contributed by atoms with van der Waals surface area (Å²) in [6.45, 7) is 0. The van der Waals surface area contributed by atoms with Gasteiger partial charge in [-0.2, -0.15) is 0 Å². The molecule has 1 aliphatic heterocycles. The van der Waals surface area contributed by atoms with E-state index >= 15 is 0 Å². The Hall–Kier alpha value is -3.35. The molecule has 2 aromatic carbocycles. The molecule has 0 amide bonds. The monoisotopic (exact) mass is 461 g/mol. The van der Waals surface area contributed by atoms with E-state index in [1.54, 1.807) is 13.3 Å². The number of nitrogens with zero attached hydrogens (tertiary/aromatic N) is 2. The van der Waals surface area contributed by atoms with Crippen LogP contribution in [0.3, 0.4) is 0 Å². The van der Waals surface area contributed by atoms with Gasteiger partial charge in [0.2, 0.25) is 0 Å². The first kappa shape index (κ1) is 20.5. The Balaban J connectivity index is 1.61. The lowest BCUT2D eigenvalue weighted by atomic mass is 10.0. The number of benzene rings is 2. The minimum Gasteiger partial charge on any atom is -0.495 e. The number of para-hydroxylation sites is 2. The van der Waals surface area contributed by atoms with Gasteiger partial charge in [0.1, 0.15) is 23.3 Å². The van der Waals surface area contributed by atoms with Crippen LogP contribution in [0.2, 0.25) is 5.02 Å². The average molecular weight is 462 g/mol. The van der Waals surface area contributed by atoms with Gasteiger partial charge in [-0.1, -0.05) is 29.8 Å². The predicted molar refractivity (Wildman–Crippen MR) is 130 cm³/mol. The van der Waals surface area contributed by atoms with E-state index in [4.69, 9.17) is 33.0 Å². The summed E-state index contributed by atoms with van der Waals surface area (Å²) in [5.41, 5.74) is 2.69. The highest BCUT2D eigenvalue weighted by molar-refractivity contribution is 7.80. The van der Waals surface area contributed by atoms with Crippen LogP contribution in [0.25, 0.3) is 11.3 Å². The number of methoxy groups -OCH3 is 1.